The molecule has 0 aliphatic carbocycles. The summed E-state index contributed by atoms with van der Waals surface area (Å²) < 4.78 is 0. The summed E-state index contributed by atoms with van der Waals surface area (Å²) in [6.45, 7) is 0.448. The first-order valence-electron chi connectivity index (χ1n) is 9.13. The van der Waals surface area contributed by atoms with Gasteiger partial charge in [0.15, 0.2) is 0 Å². The number of rotatable bonds is 6. The molecule has 1 aromatic heterocycles. The highest BCUT2D eigenvalue weighted by atomic mass is 16.6. The van der Waals surface area contributed by atoms with Crippen LogP contribution in [0, 0.1) is 10.1 Å². The molecule has 0 aliphatic heterocycles. The summed E-state index contributed by atoms with van der Waals surface area (Å²) in [5.74, 6) is -0.000152. The van der Waals surface area contributed by atoms with Gasteiger partial charge in [-0.2, -0.15) is 0 Å². The summed E-state index contributed by atoms with van der Waals surface area (Å²) in [6.07, 6.45) is 1.29. The van der Waals surface area contributed by atoms with Crippen LogP contribution >= 0.6 is 0 Å². The smallest absolute Gasteiger partial charge is 0.293 e. The zero-order chi connectivity index (χ0) is 20.2. The van der Waals surface area contributed by atoms with Gasteiger partial charge in [0, 0.05) is 18.5 Å². The van der Waals surface area contributed by atoms with E-state index in [1.54, 1.807) is 6.07 Å². The molecule has 0 saturated carbocycles. The van der Waals surface area contributed by atoms with Crippen molar-refractivity contribution in [2.24, 2.45) is 0 Å². The molecule has 0 saturated heterocycles. The van der Waals surface area contributed by atoms with Crippen LogP contribution in [0.15, 0.2) is 83.9 Å². The molecule has 2 N–H and O–H groups in total. The maximum Gasteiger partial charge on any atom is 0.293 e. The highest BCUT2D eigenvalue weighted by Crippen LogP contribution is 2.30. The predicted octanol–water partition coefficient (Wildman–Crippen LogP) is 4.08. The average Bonchev–Trinajstić information content (AvgIpc) is 2.75. The molecular formula is C22H18N4O3. The van der Waals surface area contributed by atoms with E-state index in [0.717, 1.165) is 11.1 Å². The molecule has 0 atom stereocenters. The summed E-state index contributed by atoms with van der Waals surface area (Å²) >= 11 is 0. The van der Waals surface area contributed by atoms with Gasteiger partial charge in [0.05, 0.1) is 22.2 Å². The number of H-pyrrole nitrogens is 1. The fourth-order valence-electron chi connectivity index (χ4n) is 3.41. The highest BCUT2D eigenvalue weighted by molar-refractivity contribution is 5.86. The van der Waals surface area contributed by atoms with Gasteiger partial charge in [0.2, 0.25) is 0 Å². The molecule has 4 rings (SSSR count). The Labute approximate surface area is 166 Å². The second-order valence-electron chi connectivity index (χ2n) is 6.63. The lowest BCUT2D eigenvalue weighted by Gasteiger charge is -2.19. The number of nitro groups is 1. The van der Waals surface area contributed by atoms with Gasteiger partial charge in [-0.1, -0.05) is 60.7 Å². The van der Waals surface area contributed by atoms with Gasteiger partial charge in [0.1, 0.15) is 5.69 Å². The molecule has 0 unspecified atom stereocenters. The van der Waals surface area contributed by atoms with E-state index in [1.807, 2.05) is 60.7 Å². The summed E-state index contributed by atoms with van der Waals surface area (Å²) in [6, 6.07) is 22.8. The fourth-order valence-corrected chi connectivity index (χ4v) is 3.41. The topological polar surface area (TPSA) is 101 Å². The van der Waals surface area contributed by atoms with E-state index in [4.69, 9.17) is 0 Å². The highest BCUT2D eigenvalue weighted by Gasteiger charge is 2.20. The van der Waals surface area contributed by atoms with Gasteiger partial charge in [-0.15, -0.1) is 0 Å². The van der Waals surface area contributed by atoms with Crippen LogP contribution in [0.25, 0.3) is 10.9 Å². The number of hydrogen-bond donors (Lipinski definition) is 2. The van der Waals surface area contributed by atoms with Gasteiger partial charge < -0.3 is 10.3 Å². The van der Waals surface area contributed by atoms with Crippen molar-refractivity contribution in [3.8, 4) is 0 Å². The maximum atomic E-state index is 12.0. The zero-order valence-corrected chi connectivity index (χ0v) is 15.4. The van der Waals surface area contributed by atoms with Crippen LogP contribution in [-0.4, -0.2) is 21.4 Å². The van der Waals surface area contributed by atoms with Crippen molar-refractivity contribution in [3.05, 3.63) is 111 Å². The minimum atomic E-state index is -0.492. The Hall–Kier alpha value is -4.00. The Morgan fingerprint density at radius 1 is 1.00 bits per heavy atom. The first-order valence-corrected chi connectivity index (χ1v) is 9.13. The number of aromatic amines is 1. The number of nitrogens with one attached hydrogen (secondary N) is 2. The van der Waals surface area contributed by atoms with Crippen molar-refractivity contribution in [2.45, 2.75) is 5.92 Å². The number of fused-ring (bicyclic) bond motifs is 1. The Kier molecular flexibility index (Phi) is 5.03. The van der Waals surface area contributed by atoms with Crippen molar-refractivity contribution < 1.29 is 4.92 Å². The largest absolute Gasteiger partial charge is 0.378 e. The number of nitro benzene ring substituents is 1. The fraction of sp³-hybridized carbons (Fsp3) is 0.0909. The molecule has 29 heavy (non-hydrogen) atoms. The van der Waals surface area contributed by atoms with E-state index < -0.39 is 10.5 Å². The molecular weight excluding hydrogens is 368 g/mol. The standard InChI is InChI=1S/C22H18N4O3/c27-22-17-11-21(26(28)29)20(12-19(17)24-14-25-22)23-13-18(15-7-3-1-4-8-15)16-9-5-2-6-10-16/h1-12,14,18,23H,13H2,(H,24,25,27). The maximum absolute atomic E-state index is 12.0. The van der Waals surface area contributed by atoms with Crippen LogP contribution in [0.5, 0.6) is 0 Å². The molecule has 0 radical (unpaired) electrons. The first-order chi connectivity index (χ1) is 14.1. The van der Waals surface area contributed by atoms with Crippen LogP contribution in [0.2, 0.25) is 0 Å². The summed E-state index contributed by atoms with van der Waals surface area (Å²) in [5.41, 5.74) is 2.37. The third-order valence-electron chi connectivity index (χ3n) is 4.86. The summed E-state index contributed by atoms with van der Waals surface area (Å²) in [4.78, 5) is 29.6. The molecule has 7 nitrogen and oxygen atoms in total. The van der Waals surface area contributed by atoms with Crippen molar-refractivity contribution >= 4 is 22.3 Å². The molecule has 3 aromatic carbocycles. The number of aromatic nitrogens is 2. The third-order valence-corrected chi connectivity index (χ3v) is 4.86. The van der Waals surface area contributed by atoms with E-state index >= 15 is 0 Å². The second kappa shape index (κ2) is 7.93. The van der Waals surface area contributed by atoms with Gasteiger partial charge >= 0.3 is 0 Å². The van der Waals surface area contributed by atoms with Crippen LogP contribution in [0.3, 0.4) is 0 Å². The molecule has 4 aromatic rings. The van der Waals surface area contributed by atoms with Crippen LogP contribution < -0.4 is 10.9 Å². The van der Waals surface area contributed by atoms with Crippen LogP contribution in [-0.2, 0) is 0 Å². The summed E-state index contributed by atoms with van der Waals surface area (Å²) in [5, 5.41) is 15.0. The van der Waals surface area contributed by atoms with Crippen LogP contribution in [0.1, 0.15) is 17.0 Å². The molecule has 0 bridgehead atoms. The van der Waals surface area contributed by atoms with Crippen molar-refractivity contribution in [2.75, 3.05) is 11.9 Å². The number of hydrogen-bond acceptors (Lipinski definition) is 5. The Balaban J connectivity index is 1.72. The Bertz CT molecular complexity index is 1170. The quantitative estimate of drug-likeness (QED) is 0.384. The number of nitrogens with zero attached hydrogens (tertiary/aromatic N) is 2. The van der Waals surface area contributed by atoms with E-state index in [2.05, 4.69) is 15.3 Å². The van der Waals surface area contributed by atoms with E-state index in [0.29, 0.717) is 17.7 Å². The van der Waals surface area contributed by atoms with Gasteiger partial charge in [-0.25, -0.2) is 4.98 Å². The Morgan fingerprint density at radius 3 is 2.21 bits per heavy atom. The van der Waals surface area contributed by atoms with Gasteiger partial charge in [0.25, 0.3) is 11.2 Å². The van der Waals surface area contributed by atoms with E-state index in [9.17, 15) is 14.9 Å². The van der Waals surface area contributed by atoms with Crippen molar-refractivity contribution in [3.63, 3.8) is 0 Å². The van der Waals surface area contributed by atoms with E-state index in [1.165, 1.54) is 12.4 Å². The van der Waals surface area contributed by atoms with Gasteiger partial charge in [-0.3, -0.25) is 14.9 Å². The van der Waals surface area contributed by atoms with Crippen molar-refractivity contribution in [1.82, 2.24) is 9.97 Å². The molecule has 144 valence electrons. The second-order valence-corrected chi connectivity index (χ2v) is 6.63. The number of anilines is 1. The molecule has 0 fully saturated rings. The lowest BCUT2D eigenvalue weighted by Crippen LogP contribution is -2.15. The monoisotopic (exact) mass is 386 g/mol. The lowest BCUT2D eigenvalue weighted by atomic mass is 9.91. The minimum absolute atomic E-state index is 0.000152. The lowest BCUT2D eigenvalue weighted by molar-refractivity contribution is -0.383. The third kappa shape index (κ3) is 3.84. The first kappa shape index (κ1) is 18.4. The van der Waals surface area contributed by atoms with Crippen LogP contribution in [0.4, 0.5) is 11.4 Å². The van der Waals surface area contributed by atoms with Crippen molar-refractivity contribution in [1.29, 1.82) is 0 Å². The number of benzene rings is 3. The van der Waals surface area contributed by atoms with Gasteiger partial charge in [-0.05, 0) is 17.2 Å². The summed E-state index contributed by atoms with van der Waals surface area (Å²) in [7, 11) is 0. The SMILES string of the molecule is O=c1[nH]cnc2cc(NCC(c3ccccc3)c3ccccc3)c([N+](=O)[O-])cc12. The molecule has 0 spiro atoms. The Morgan fingerprint density at radius 2 is 1.62 bits per heavy atom. The predicted molar refractivity (Wildman–Crippen MR) is 112 cm³/mol. The van der Waals surface area contributed by atoms with E-state index in [-0.39, 0.29) is 17.0 Å². The zero-order valence-electron chi connectivity index (χ0n) is 15.4. The molecule has 1 heterocycles. The average molecular weight is 386 g/mol. The molecule has 7 heteroatoms. The minimum Gasteiger partial charge on any atom is -0.378 e. The normalized spacial score (nSPS) is 10.9. The molecule has 0 aliphatic rings. The molecule has 0 amide bonds.